The summed E-state index contributed by atoms with van der Waals surface area (Å²) in [6, 6.07) is 4.24. The van der Waals surface area contributed by atoms with Crippen LogP contribution in [0.25, 0.3) is 0 Å². The van der Waals surface area contributed by atoms with E-state index in [2.05, 4.69) is 35.1 Å². The Morgan fingerprint density at radius 2 is 2.20 bits per heavy atom. The lowest BCUT2D eigenvalue weighted by atomic mass is 9.96. The van der Waals surface area contributed by atoms with Crippen molar-refractivity contribution in [2.24, 2.45) is 5.92 Å². The van der Waals surface area contributed by atoms with Crippen LogP contribution in [0.4, 0.5) is 5.69 Å². The molecule has 1 aromatic heterocycles. The van der Waals surface area contributed by atoms with Crippen LogP contribution in [0.1, 0.15) is 51.6 Å². The summed E-state index contributed by atoms with van der Waals surface area (Å²) in [4.78, 5) is 7.10. The van der Waals surface area contributed by atoms with E-state index in [1.165, 1.54) is 56.6 Å². The molecule has 1 N–H and O–H groups in total. The fourth-order valence-corrected chi connectivity index (χ4v) is 3.19. The molecule has 20 heavy (non-hydrogen) atoms. The smallest absolute Gasteiger partial charge is 0.0564 e. The van der Waals surface area contributed by atoms with Gasteiger partial charge < -0.3 is 5.32 Å². The SMILES string of the molecule is CCCC1CCCN(Cc2cc(NCC)ccn2)CC1. The second kappa shape index (κ2) is 8.25. The topological polar surface area (TPSA) is 28.2 Å². The largest absolute Gasteiger partial charge is 0.385 e. The maximum Gasteiger partial charge on any atom is 0.0564 e. The lowest BCUT2D eigenvalue weighted by molar-refractivity contribution is 0.268. The summed E-state index contributed by atoms with van der Waals surface area (Å²) in [6.45, 7) is 8.86. The highest BCUT2D eigenvalue weighted by atomic mass is 15.1. The van der Waals surface area contributed by atoms with Gasteiger partial charge in [-0.25, -0.2) is 0 Å². The van der Waals surface area contributed by atoms with Gasteiger partial charge in [-0.3, -0.25) is 9.88 Å². The fraction of sp³-hybridized carbons (Fsp3) is 0.706. The quantitative estimate of drug-likeness (QED) is 0.853. The normalized spacial score (nSPS) is 20.6. The summed E-state index contributed by atoms with van der Waals surface area (Å²) < 4.78 is 0. The zero-order chi connectivity index (χ0) is 14.2. The first kappa shape index (κ1) is 15.3. The summed E-state index contributed by atoms with van der Waals surface area (Å²) in [5.41, 5.74) is 2.38. The Labute approximate surface area is 123 Å². The maximum absolute atomic E-state index is 4.52. The molecular formula is C17H29N3. The summed E-state index contributed by atoms with van der Waals surface area (Å²) >= 11 is 0. The van der Waals surface area contributed by atoms with Gasteiger partial charge in [0, 0.05) is 25.0 Å². The number of hydrogen-bond donors (Lipinski definition) is 1. The minimum Gasteiger partial charge on any atom is -0.385 e. The van der Waals surface area contributed by atoms with Crippen LogP contribution in [0.2, 0.25) is 0 Å². The third-order valence-corrected chi connectivity index (χ3v) is 4.22. The van der Waals surface area contributed by atoms with Crippen molar-refractivity contribution in [3.05, 3.63) is 24.0 Å². The monoisotopic (exact) mass is 275 g/mol. The molecule has 2 heterocycles. The van der Waals surface area contributed by atoms with Crippen LogP contribution in [0.15, 0.2) is 18.3 Å². The first-order chi connectivity index (χ1) is 9.81. The summed E-state index contributed by atoms with van der Waals surface area (Å²) in [7, 11) is 0. The van der Waals surface area contributed by atoms with Crippen LogP contribution in [-0.2, 0) is 6.54 Å². The second-order valence-electron chi connectivity index (χ2n) is 5.93. The Kier molecular flexibility index (Phi) is 6.31. The second-order valence-corrected chi connectivity index (χ2v) is 5.93. The van der Waals surface area contributed by atoms with Crippen molar-refractivity contribution in [2.45, 2.75) is 52.5 Å². The molecule has 1 saturated heterocycles. The third-order valence-electron chi connectivity index (χ3n) is 4.22. The minimum atomic E-state index is 0.950. The van der Waals surface area contributed by atoms with E-state index in [-0.39, 0.29) is 0 Å². The fourth-order valence-electron chi connectivity index (χ4n) is 3.19. The molecule has 0 radical (unpaired) electrons. The average molecular weight is 275 g/mol. The predicted octanol–water partition coefficient (Wildman–Crippen LogP) is 3.92. The van der Waals surface area contributed by atoms with Gasteiger partial charge in [0.05, 0.1) is 5.69 Å². The van der Waals surface area contributed by atoms with E-state index < -0.39 is 0 Å². The van der Waals surface area contributed by atoms with Crippen LogP contribution in [0, 0.1) is 5.92 Å². The molecule has 1 aliphatic rings. The number of anilines is 1. The van der Waals surface area contributed by atoms with Crippen molar-refractivity contribution < 1.29 is 0 Å². The number of pyridine rings is 1. The highest BCUT2D eigenvalue weighted by Gasteiger charge is 2.16. The van der Waals surface area contributed by atoms with E-state index in [4.69, 9.17) is 0 Å². The van der Waals surface area contributed by atoms with E-state index in [1.54, 1.807) is 0 Å². The minimum absolute atomic E-state index is 0.950. The number of aromatic nitrogens is 1. The molecule has 3 nitrogen and oxygen atoms in total. The number of nitrogens with one attached hydrogen (secondary N) is 1. The third kappa shape index (κ3) is 4.78. The molecular weight excluding hydrogens is 246 g/mol. The molecule has 0 aliphatic carbocycles. The number of likely N-dealkylation sites (tertiary alicyclic amines) is 1. The number of rotatable bonds is 6. The first-order valence-electron chi connectivity index (χ1n) is 8.23. The van der Waals surface area contributed by atoms with Gasteiger partial charge in [0.1, 0.15) is 0 Å². The van der Waals surface area contributed by atoms with Crippen molar-refractivity contribution in [1.29, 1.82) is 0 Å². The van der Waals surface area contributed by atoms with Crippen LogP contribution in [0.3, 0.4) is 0 Å². The zero-order valence-electron chi connectivity index (χ0n) is 13.1. The van der Waals surface area contributed by atoms with Gasteiger partial charge in [0.25, 0.3) is 0 Å². The molecule has 1 aliphatic heterocycles. The average Bonchev–Trinajstić information content (AvgIpc) is 2.66. The van der Waals surface area contributed by atoms with E-state index in [1.807, 2.05) is 12.3 Å². The van der Waals surface area contributed by atoms with Crippen LogP contribution in [0.5, 0.6) is 0 Å². The Balaban J connectivity index is 1.88. The molecule has 0 amide bonds. The Morgan fingerprint density at radius 3 is 3.00 bits per heavy atom. The van der Waals surface area contributed by atoms with Crippen molar-refractivity contribution in [3.63, 3.8) is 0 Å². The lowest BCUT2D eigenvalue weighted by Crippen LogP contribution is -2.24. The molecule has 0 saturated carbocycles. The van der Waals surface area contributed by atoms with Gasteiger partial charge in [-0.2, -0.15) is 0 Å². The summed E-state index contributed by atoms with van der Waals surface area (Å²) in [5, 5.41) is 3.36. The Bertz CT molecular complexity index is 392. The summed E-state index contributed by atoms with van der Waals surface area (Å²) in [5.74, 6) is 0.950. The standard InChI is InChI=1S/C17H29N3/c1-3-6-15-7-5-11-20(12-9-15)14-17-13-16(18-4-2)8-10-19-17/h8,10,13,15H,3-7,9,11-12,14H2,1-2H3,(H,18,19). The van der Waals surface area contributed by atoms with Gasteiger partial charge in [0.15, 0.2) is 0 Å². The number of nitrogens with zero attached hydrogens (tertiary/aromatic N) is 2. The molecule has 1 atom stereocenters. The Morgan fingerprint density at radius 1 is 1.30 bits per heavy atom. The van der Waals surface area contributed by atoms with E-state index >= 15 is 0 Å². The van der Waals surface area contributed by atoms with Crippen LogP contribution < -0.4 is 5.32 Å². The zero-order valence-corrected chi connectivity index (χ0v) is 13.1. The van der Waals surface area contributed by atoms with Crippen molar-refractivity contribution >= 4 is 5.69 Å². The molecule has 3 heteroatoms. The lowest BCUT2D eigenvalue weighted by Gasteiger charge is -2.20. The van der Waals surface area contributed by atoms with E-state index in [9.17, 15) is 0 Å². The predicted molar refractivity (Wildman–Crippen MR) is 85.9 cm³/mol. The molecule has 2 rings (SSSR count). The van der Waals surface area contributed by atoms with Gasteiger partial charge in [-0.15, -0.1) is 0 Å². The van der Waals surface area contributed by atoms with Crippen molar-refractivity contribution in [2.75, 3.05) is 25.0 Å². The molecule has 1 fully saturated rings. The van der Waals surface area contributed by atoms with Crippen LogP contribution >= 0.6 is 0 Å². The van der Waals surface area contributed by atoms with E-state index in [0.29, 0.717) is 0 Å². The Hall–Kier alpha value is -1.09. The highest BCUT2D eigenvalue weighted by molar-refractivity contribution is 5.42. The molecule has 0 bridgehead atoms. The molecule has 1 aromatic rings. The maximum atomic E-state index is 4.52. The summed E-state index contributed by atoms with van der Waals surface area (Å²) in [6.07, 6.45) is 8.78. The van der Waals surface area contributed by atoms with Gasteiger partial charge >= 0.3 is 0 Å². The van der Waals surface area contributed by atoms with Gasteiger partial charge in [-0.05, 0) is 57.3 Å². The van der Waals surface area contributed by atoms with Gasteiger partial charge in [0.2, 0.25) is 0 Å². The van der Waals surface area contributed by atoms with Crippen molar-refractivity contribution in [3.8, 4) is 0 Å². The molecule has 0 spiro atoms. The highest BCUT2D eigenvalue weighted by Crippen LogP contribution is 2.22. The first-order valence-corrected chi connectivity index (χ1v) is 8.23. The van der Waals surface area contributed by atoms with E-state index in [0.717, 1.165) is 19.0 Å². The molecule has 112 valence electrons. The van der Waals surface area contributed by atoms with Crippen LogP contribution in [-0.4, -0.2) is 29.5 Å². The number of hydrogen-bond acceptors (Lipinski definition) is 3. The molecule has 0 aromatic carbocycles. The van der Waals surface area contributed by atoms with Gasteiger partial charge in [-0.1, -0.05) is 19.8 Å². The molecule has 1 unspecified atom stereocenters. The van der Waals surface area contributed by atoms with Crippen molar-refractivity contribution in [1.82, 2.24) is 9.88 Å².